The number of rotatable bonds is 7. The molecule has 11 heteroatoms. The monoisotopic (exact) mass is 541 g/mol. The Morgan fingerprint density at radius 3 is 2.49 bits per heavy atom. The Morgan fingerprint density at radius 1 is 1.11 bits per heavy atom. The molecule has 1 saturated heterocycles. The molecule has 2 aromatic carbocycles. The van der Waals surface area contributed by atoms with Crippen LogP contribution in [0.25, 0.3) is 0 Å². The van der Waals surface area contributed by atoms with Crippen LogP contribution in [-0.2, 0) is 32.1 Å². The number of nitrogens with zero attached hydrogens (tertiary/aromatic N) is 1. The first-order valence-electron chi connectivity index (χ1n) is 12.2. The van der Waals surface area contributed by atoms with Crippen molar-refractivity contribution < 1.29 is 40.6 Å². The maximum Gasteiger partial charge on any atom is 0.416 e. The molecule has 2 heterocycles. The number of fused-ring (bicyclic) bond motifs is 1. The van der Waals surface area contributed by atoms with Crippen LogP contribution in [0, 0.1) is 5.92 Å². The number of esters is 1. The SMILES string of the molecule is CC[C@@H]1CCc2cc(C(F)(F)F)ccc2N1S(=O)(=O)c1ccc(OCC2CCOCC2)c(C(=O)OC)c1. The normalized spacial score (nSPS) is 18.8. The fourth-order valence-corrected chi connectivity index (χ4v) is 6.63. The van der Waals surface area contributed by atoms with Crippen LogP contribution in [0.15, 0.2) is 41.3 Å². The van der Waals surface area contributed by atoms with Crippen molar-refractivity contribution in [3.05, 3.63) is 53.1 Å². The molecule has 0 amide bonds. The molecular weight excluding hydrogens is 511 g/mol. The average Bonchev–Trinajstić information content (AvgIpc) is 2.90. The second-order valence-corrected chi connectivity index (χ2v) is 11.1. The van der Waals surface area contributed by atoms with Crippen molar-refractivity contribution in [2.24, 2.45) is 5.92 Å². The number of ether oxygens (including phenoxy) is 3. The number of aryl methyl sites for hydroxylation is 1. The van der Waals surface area contributed by atoms with Crippen molar-refractivity contribution in [3.63, 3.8) is 0 Å². The quantitative estimate of drug-likeness (QED) is 0.447. The molecule has 0 unspecified atom stereocenters. The molecule has 2 aromatic rings. The molecule has 0 aliphatic carbocycles. The van der Waals surface area contributed by atoms with E-state index < -0.39 is 33.8 Å². The van der Waals surface area contributed by atoms with Crippen LogP contribution in [0.2, 0.25) is 0 Å². The Labute approximate surface area is 214 Å². The lowest BCUT2D eigenvalue weighted by molar-refractivity contribution is -0.137. The summed E-state index contributed by atoms with van der Waals surface area (Å²) in [6.07, 6.45) is -1.71. The highest BCUT2D eigenvalue weighted by atomic mass is 32.2. The van der Waals surface area contributed by atoms with Gasteiger partial charge in [-0.05, 0) is 80.0 Å². The van der Waals surface area contributed by atoms with E-state index in [9.17, 15) is 26.4 Å². The first kappa shape index (κ1) is 27.3. The molecule has 2 aliphatic heterocycles. The zero-order valence-electron chi connectivity index (χ0n) is 20.7. The Balaban J connectivity index is 1.70. The van der Waals surface area contributed by atoms with Gasteiger partial charge in [0.2, 0.25) is 0 Å². The van der Waals surface area contributed by atoms with E-state index in [1.54, 1.807) is 0 Å². The van der Waals surface area contributed by atoms with Crippen LogP contribution in [0.1, 0.15) is 54.1 Å². The number of carbonyl (C=O) groups excluding carboxylic acids is 1. The minimum Gasteiger partial charge on any atom is -0.492 e. The minimum absolute atomic E-state index is 0.0339. The van der Waals surface area contributed by atoms with Crippen LogP contribution >= 0.6 is 0 Å². The van der Waals surface area contributed by atoms with Gasteiger partial charge < -0.3 is 14.2 Å². The fourth-order valence-electron chi connectivity index (χ4n) is 4.81. The van der Waals surface area contributed by atoms with Gasteiger partial charge in [-0.15, -0.1) is 0 Å². The van der Waals surface area contributed by atoms with E-state index >= 15 is 0 Å². The molecular formula is C26H30F3NO6S. The molecule has 1 atom stereocenters. The second-order valence-electron chi connectivity index (χ2n) is 9.26. The van der Waals surface area contributed by atoms with Gasteiger partial charge >= 0.3 is 12.1 Å². The van der Waals surface area contributed by atoms with Gasteiger partial charge in [-0.3, -0.25) is 4.31 Å². The number of benzene rings is 2. The van der Waals surface area contributed by atoms with E-state index in [0.717, 1.165) is 25.0 Å². The number of carbonyl (C=O) groups is 1. The predicted octanol–water partition coefficient (Wildman–Crippen LogP) is 5.22. The van der Waals surface area contributed by atoms with Gasteiger partial charge in [0.25, 0.3) is 10.0 Å². The third-order valence-electron chi connectivity index (χ3n) is 6.92. The van der Waals surface area contributed by atoms with Crippen LogP contribution in [0.4, 0.5) is 18.9 Å². The Kier molecular flexibility index (Phi) is 8.03. The largest absolute Gasteiger partial charge is 0.492 e. The van der Waals surface area contributed by atoms with Crippen LogP contribution in [0.5, 0.6) is 5.75 Å². The highest BCUT2D eigenvalue weighted by Crippen LogP contribution is 2.40. The molecule has 0 N–H and O–H groups in total. The van der Waals surface area contributed by atoms with Gasteiger partial charge in [0.05, 0.1) is 29.9 Å². The van der Waals surface area contributed by atoms with Crippen molar-refractivity contribution in [2.45, 2.75) is 56.1 Å². The summed E-state index contributed by atoms with van der Waals surface area (Å²) in [5.41, 5.74) is -0.329. The van der Waals surface area contributed by atoms with Crippen LogP contribution in [0.3, 0.4) is 0 Å². The number of hydrogen-bond donors (Lipinski definition) is 0. The van der Waals surface area contributed by atoms with Gasteiger partial charge in [-0.1, -0.05) is 6.92 Å². The standard InChI is InChI=1S/C26H30F3NO6S/c1-3-20-6-4-18-14-19(26(27,28)29)5-8-23(18)30(20)37(32,33)21-7-9-24(22(15-21)25(31)34-2)36-16-17-10-12-35-13-11-17/h5,7-9,14-15,17,20H,3-4,6,10-13,16H2,1-2H3/t20-/m1/s1. The minimum atomic E-state index is -4.53. The maximum atomic E-state index is 13.9. The molecule has 0 saturated carbocycles. The number of alkyl halides is 3. The Morgan fingerprint density at radius 2 is 1.84 bits per heavy atom. The summed E-state index contributed by atoms with van der Waals surface area (Å²) in [7, 11) is -3.04. The summed E-state index contributed by atoms with van der Waals surface area (Å²) in [5, 5.41) is 0. The molecule has 37 heavy (non-hydrogen) atoms. The van der Waals surface area contributed by atoms with E-state index in [2.05, 4.69) is 0 Å². The first-order valence-corrected chi connectivity index (χ1v) is 13.7. The van der Waals surface area contributed by atoms with Crippen LogP contribution < -0.4 is 9.04 Å². The summed E-state index contributed by atoms with van der Waals surface area (Å²) in [6.45, 7) is 3.44. The van der Waals surface area contributed by atoms with Gasteiger partial charge in [-0.25, -0.2) is 13.2 Å². The van der Waals surface area contributed by atoms with Gasteiger partial charge in [0, 0.05) is 19.3 Å². The number of anilines is 1. The fraction of sp³-hybridized carbons (Fsp3) is 0.500. The van der Waals surface area contributed by atoms with Crippen molar-refractivity contribution >= 4 is 21.7 Å². The van der Waals surface area contributed by atoms with E-state index in [0.29, 0.717) is 44.6 Å². The first-order chi connectivity index (χ1) is 17.6. The molecule has 7 nitrogen and oxygen atoms in total. The predicted molar refractivity (Wildman–Crippen MR) is 130 cm³/mol. The third kappa shape index (κ3) is 5.72. The topological polar surface area (TPSA) is 82.1 Å². The number of halogens is 3. The molecule has 1 fully saturated rings. The zero-order valence-corrected chi connectivity index (χ0v) is 21.5. The van der Waals surface area contributed by atoms with E-state index in [4.69, 9.17) is 14.2 Å². The summed E-state index contributed by atoms with van der Waals surface area (Å²) >= 11 is 0. The Bertz CT molecular complexity index is 1240. The maximum absolute atomic E-state index is 13.9. The number of hydrogen-bond acceptors (Lipinski definition) is 6. The second kappa shape index (κ2) is 10.9. The summed E-state index contributed by atoms with van der Waals surface area (Å²) in [6, 6.07) is 6.67. The lowest BCUT2D eigenvalue weighted by atomic mass is 9.95. The molecule has 0 bridgehead atoms. The highest BCUT2D eigenvalue weighted by molar-refractivity contribution is 7.92. The van der Waals surface area contributed by atoms with Gasteiger partial charge in [0.15, 0.2) is 0 Å². The third-order valence-corrected chi connectivity index (χ3v) is 8.79. The van der Waals surface area contributed by atoms with E-state index in [-0.39, 0.29) is 27.8 Å². The van der Waals surface area contributed by atoms with Gasteiger partial charge in [-0.2, -0.15) is 13.2 Å². The molecule has 0 radical (unpaired) electrons. The number of sulfonamides is 1. The lowest BCUT2D eigenvalue weighted by Gasteiger charge is -2.37. The van der Waals surface area contributed by atoms with Gasteiger partial charge in [0.1, 0.15) is 11.3 Å². The van der Waals surface area contributed by atoms with E-state index in [1.165, 1.54) is 35.7 Å². The molecule has 0 spiro atoms. The Hall–Kier alpha value is -2.79. The van der Waals surface area contributed by atoms with Crippen molar-refractivity contribution in [1.82, 2.24) is 0 Å². The smallest absolute Gasteiger partial charge is 0.416 e. The van der Waals surface area contributed by atoms with Crippen LogP contribution in [-0.4, -0.2) is 47.4 Å². The van der Waals surface area contributed by atoms with E-state index in [1.807, 2.05) is 6.92 Å². The van der Waals surface area contributed by atoms with Crippen molar-refractivity contribution in [1.29, 1.82) is 0 Å². The lowest BCUT2D eigenvalue weighted by Crippen LogP contribution is -2.43. The highest BCUT2D eigenvalue weighted by Gasteiger charge is 2.38. The molecule has 0 aromatic heterocycles. The molecule has 4 rings (SSSR count). The number of methoxy groups -OCH3 is 1. The zero-order chi connectivity index (χ0) is 26.8. The summed E-state index contributed by atoms with van der Waals surface area (Å²) in [5.74, 6) is -0.294. The summed E-state index contributed by atoms with van der Waals surface area (Å²) in [4.78, 5) is 12.4. The van der Waals surface area contributed by atoms with Crippen molar-refractivity contribution in [3.8, 4) is 5.75 Å². The van der Waals surface area contributed by atoms with Crippen molar-refractivity contribution in [2.75, 3.05) is 31.2 Å². The molecule has 202 valence electrons. The summed E-state index contributed by atoms with van der Waals surface area (Å²) < 4.78 is 84.9. The average molecular weight is 542 g/mol. The molecule has 2 aliphatic rings.